The van der Waals surface area contributed by atoms with Gasteiger partial charge in [0.15, 0.2) is 5.03 Å². The van der Waals surface area contributed by atoms with Crippen molar-refractivity contribution in [3.05, 3.63) is 24.4 Å². The topological polar surface area (TPSA) is 125 Å². The van der Waals surface area contributed by atoms with Crippen LogP contribution in [0.5, 0.6) is 0 Å². The van der Waals surface area contributed by atoms with E-state index in [0.29, 0.717) is 0 Å². The zero-order valence-electron chi connectivity index (χ0n) is 9.61. The van der Waals surface area contributed by atoms with E-state index < -0.39 is 33.9 Å². The number of aromatic nitrogens is 1. The molecule has 9 heteroatoms. The number of carbonyl (C=O) groups is 2. The summed E-state index contributed by atoms with van der Waals surface area (Å²) in [4.78, 5) is 26.6. The van der Waals surface area contributed by atoms with Crippen LogP contribution in [-0.4, -0.2) is 43.0 Å². The van der Waals surface area contributed by atoms with Crippen molar-refractivity contribution in [3.8, 4) is 0 Å². The summed E-state index contributed by atoms with van der Waals surface area (Å²) in [7, 11) is -4.15. The predicted molar refractivity (Wildman–Crippen MR) is 62.1 cm³/mol. The molecule has 102 valence electrons. The Morgan fingerprint density at radius 3 is 2.74 bits per heavy atom. The van der Waals surface area contributed by atoms with Crippen molar-refractivity contribution in [2.24, 2.45) is 5.92 Å². The number of hydrogen-bond donors (Lipinski definition) is 3. The molecule has 2 unspecified atom stereocenters. The Kier molecular flexibility index (Phi) is 3.49. The molecule has 1 aromatic heterocycles. The molecule has 2 atom stereocenters. The highest BCUT2D eigenvalue weighted by molar-refractivity contribution is 7.90. The maximum absolute atomic E-state index is 11.8. The van der Waals surface area contributed by atoms with Crippen molar-refractivity contribution in [2.75, 3.05) is 6.54 Å². The number of pyridine rings is 1. The summed E-state index contributed by atoms with van der Waals surface area (Å²) in [6, 6.07) is 4.18. The first-order valence-electron chi connectivity index (χ1n) is 5.35. The highest BCUT2D eigenvalue weighted by Gasteiger charge is 2.40. The Hall–Kier alpha value is -2.00. The summed E-state index contributed by atoms with van der Waals surface area (Å²) in [5, 5.41) is 11.4. The van der Waals surface area contributed by atoms with E-state index in [4.69, 9.17) is 0 Å². The van der Waals surface area contributed by atoms with Gasteiger partial charge in [0.05, 0.1) is 6.10 Å². The number of nitrogens with zero attached hydrogens (tertiary/aromatic N) is 1. The molecule has 3 N–H and O–H groups in total. The molecule has 0 aliphatic carbocycles. The van der Waals surface area contributed by atoms with Gasteiger partial charge < -0.3 is 10.4 Å². The fourth-order valence-electron chi connectivity index (χ4n) is 1.66. The van der Waals surface area contributed by atoms with Crippen LogP contribution < -0.4 is 10.0 Å². The molecule has 1 aromatic rings. The van der Waals surface area contributed by atoms with Gasteiger partial charge in [-0.15, -0.1) is 0 Å². The number of amides is 2. The third-order valence-corrected chi connectivity index (χ3v) is 3.85. The van der Waals surface area contributed by atoms with Gasteiger partial charge in [0, 0.05) is 12.7 Å². The quantitative estimate of drug-likeness (QED) is 0.551. The SMILES string of the molecule is O=C1NCC(O)C1C(=O)NS(=O)(=O)c1ccccn1. The number of hydrogen-bond acceptors (Lipinski definition) is 6. The molecular weight excluding hydrogens is 274 g/mol. The summed E-state index contributed by atoms with van der Waals surface area (Å²) >= 11 is 0. The Morgan fingerprint density at radius 1 is 1.47 bits per heavy atom. The first-order valence-corrected chi connectivity index (χ1v) is 6.83. The monoisotopic (exact) mass is 285 g/mol. The minimum atomic E-state index is -4.15. The average molecular weight is 285 g/mol. The number of aliphatic hydroxyl groups excluding tert-OH is 1. The lowest BCUT2D eigenvalue weighted by Gasteiger charge is -2.11. The van der Waals surface area contributed by atoms with Crippen LogP contribution >= 0.6 is 0 Å². The Bertz CT molecular complexity index is 601. The van der Waals surface area contributed by atoms with Gasteiger partial charge in [-0.1, -0.05) is 6.07 Å². The van der Waals surface area contributed by atoms with Crippen LogP contribution in [0.2, 0.25) is 0 Å². The summed E-state index contributed by atoms with van der Waals surface area (Å²) in [5.41, 5.74) is 0. The van der Waals surface area contributed by atoms with Gasteiger partial charge in [0.1, 0.15) is 5.92 Å². The number of carbonyl (C=O) groups excluding carboxylic acids is 2. The van der Waals surface area contributed by atoms with E-state index in [1.54, 1.807) is 4.72 Å². The highest BCUT2D eigenvalue weighted by Crippen LogP contribution is 2.12. The Labute approximate surface area is 108 Å². The van der Waals surface area contributed by atoms with Crippen LogP contribution in [0.4, 0.5) is 0 Å². The van der Waals surface area contributed by atoms with Gasteiger partial charge >= 0.3 is 0 Å². The van der Waals surface area contributed by atoms with Crippen LogP contribution in [0.1, 0.15) is 0 Å². The first-order chi connectivity index (χ1) is 8.92. The van der Waals surface area contributed by atoms with Gasteiger partial charge in [-0.2, -0.15) is 8.42 Å². The summed E-state index contributed by atoms with van der Waals surface area (Å²) in [6.45, 7) is -0.0828. The van der Waals surface area contributed by atoms with Crippen LogP contribution in [0.3, 0.4) is 0 Å². The average Bonchev–Trinajstić information content (AvgIpc) is 2.69. The molecule has 2 amide bonds. The van der Waals surface area contributed by atoms with Crippen LogP contribution in [-0.2, 0) is 19.6 Å². The van der Waals surface area contributed by atoms with Crippen molar-refractivity contribution in [2.45, 2.75) is 11.1 Å². The predicted octanol–water partition coefficient (Wildman–Crippen LogP) is -2.01. The molecule has 1 aliphatic heterocycles. The molecular formula is C10H11N3O5S. The number of rotatable bonds is 3. The van der Waals surface area contributed by atoms with Crippen molar-refractivity contribution < 1.29 is 23.1 Å². The van der Waals surface area contributed by atoms with Gasteiger partial charge in [0.25, 0.3) is 10.0 Å². The van der Waals surface area contributed by atoms with Gasteiger partial charge in [-0.25, -0.2) is 9.71 Å². The molecule has 19 heavy (non-hydrogen) atoms. The molecule has 8 nitrogen and oxygen atoms in total. The first kappa shape index (κ1) is 13.4. The molecule has 1 fully saturated rings. The fourth-order valence-corrected chi connectivity index (χ4v) is 2.61. The highest BCUT2D eigenvalue weighted by atomic mass is 32.2. The third-order valence-electron chi connectivity index (χ3n) is 2.58. The molecule has 0 spiro atoms. The molecule has 1 saturated heterocycles. The maximum Gasteiger partial charge on any atom is 0.281 e. The van der Waals surface area contributed by atoms with Crippen molar-refractivity contribution in [1.29, 1.82) is 0 Å². The molecule has 0 radical (unpaired) electrons. The number of nitrogens with one attached hydrogen (secondary N) is 2. The molecule has 2 rings (SSSR count). The minimum Gasteiger partial charge on any atom is -0.390 e. The van der Waals surface area contributed by atoms with Crippen LogP contribution in [0.15, 0.2) is 29.4 Å². The maximum atomic E-state index is 11.8. The number of aliphatic hydroxyl groups is 1. The van der Waals surface area contributed by atoms with E-state index in [1.807, 2.05) is 0 Å². The molecule has 0 saturated carbocycles. The lowest BCUT2D eigenvalue weighted by Crippen LogP contribution is -2.42. The third kappa shape index (κ3) is 2.71. The Balaban J connectivity index is 2.17. The van der Waals surface area contributed by atoms with E-state index in [-0.39, 0.29) is 11.6 Å². The summed E-state index contributed by atoms with van der Waals surface area (Å²) in [6.07, 6.45) is 0.0160. The normalized spacial score (nSPS) is 22.9. The van der Waals surface area contributed by atoms with Crippen LogP contribution in [0.25, 0.3) is 0 Å². The van der Waals surface area contributed by atoms with E-state index in [9.17, 15) is 23.1 Å². The van der Waals surface area contributed by atoms with Crippen LogP contribution in [0, 0.1) is 5.92 Å². The van der Waals surface area contributed by atoms with Crippen molar-refractivity contribution in [3.63, 3.8) is 0 Å². The number of sulfonamides is 1. The standard InChI is InChI=1S/C10H11N3O5S/c14-6-5-12-9(15)8(6)10(16)13-19(17,18)7-3-1-2-4-11-7/h1-4,6,8,14H,5H2,(H,12,15)(H,13,16). The second-order valence-corrected chi connectivity index (χ2v) is 5.56. The zero-order chi connectivity index (χ0) is 14.0. The van der Waals surface area contributed by atoms with E-state index in [0.717, 1.165) is 0 Å². The van der Waals surface area contributed by atoms with E-state index in [2.05, 4.69) is 10.3 Å². The lowest BCUT2D eigenvalue weighted by atomic mass is 10.1. The second kappa shape index (κ2) is 4.94. The summed E-state index contributed by atoms with van der Waals surface area (Å²) in [5.74, 6) is -3.21. The van der Waals surface area contributed by atoms with Gasteiger partial charge in [-0.3, -0.25) is 9.59 Å². The smallest absolute Gasteiger partial charge is 0.281 e. The molecule has 2 heterocycles. The number of β-amino-alcohol motifs (C(OH)–C–C–N with tert-alkyl or cyclic N) is 1. The van der Waals surface area contributed by atoms with E-state index in [1.165, 1.54) is 24.4 Å². The molecule has 0 bridgehead atoms. The Morgan fingerprint density at radius 2 is 2.21 bits per heavy atom. The molecule has 1 aliphatic rings. The van der Waals surface area contributed by atoms with Gasteiger partial charge in [0.2, 0.25) is 11.8 Å². The van der Waals surface area contributed by atoms with Crippen molar-refractivity contribution in [1.82, 2.24) is 15.0 Å². The second-order valence-electron chi connectivity index (χ2n) is 3.93. The van der Waals surface area contributed by atoms with Crippen molar-refractivity contribution >= 4 is 21.8 Å². The summed E-state index contributed by atoms with van der Waals surface area (Å²) < 4.78 is 25.3. The van der Waals surface area contributed by atoms with Gasteiger partial charge in [-0.05, 0) is 12.1 Å². The lowest BCUT2D eigenvalue weighted by molar-refractivity contribution is -0.134. The largest absolute Gasteiger partial charge is 0.390 e. The molecule has 0 aromatic carbocycles. The van der Waals surface area contributed by atoms with E-state index >= 15 is 0 Å². The fraction of sp³-hybridized carbons (Fsp3) is 0.300. The minimum absolute atomic E-state index is 0.0828. The zero-order valence-corrected chi connectivity index (χ0v) is 10.4.